The number of hydrogen-bond acceptors (Lipinski definition) is 4. The Hall–Kier alpha value is -2.67. The third-order valence-electron chi connectivity index (χ3n) is 4.12. The van der Waals surface area contributed by atoms with Gasteiger partial charge in [-0.3, -0.25) is 0 Å². The summed E-state index contributed by atoms with van der Waals surface area (Å²) in [6.07, 6.45) is 0. The Kier molecular flexibility index (Phi) is 3.84. The summed E-state index contributed by atoms with van der Waals surface area (Å²) in [5.41, 5.74) is 3.30. The fraction of sp³-hybridized carbons (Fsp3) is 0.211. The van der Waals surface area contributed by atoms with Crippen LogP contribution in [0.25, 0.3) is 33.9 Å². The second-order valence-corrected chi connectivity index (χ2v) is 7.95. The standard InChI is InChI=1S/C19H17BrN4O2/c1-19(2,3)24-15-9-8-11(20)10-14(15)21-16(24)12-6-4-5-7-13(12)17-22-23-18(25)26-17/h4-10H,1-3H3,(H,23,25). The van der Waals surface area contributed by atoms with E-state index in [-0.39, 0.29) is 11.4 Å². The minimum Gasteiger partial charge on any atom is -0.388 e. The van der Waals surface area contributed by atoms with Crippen LogP contribution in [0.5, 0.6) is 0 Å². The molecule has 0 spiro atoms. The van der Waals surface area contributed by atoms with E-state index in [1.165, 1.54) is 0 Å². The van der Waals surface area contributed by atoms with Gasteiger partial charge < -0.3 is 8.98 Å². The number of benzene rings is 2. The van der Waals surface area contributed by atoms with Crippen molar-refractivity contribution in [3.8, 4) is 22.8 Å². The molecule has 0 fully saturated rings. The van der Waals surface area contributed by atoms with Crippen LogP contribution in [0.3, 0.4) is 0 Å². The average molecular weight is 413 g/mol. The van der Waals surface area contributed by atoms with Crippen LogP contribution in [-0.2, 0) is 5.54 Å². The summed E-state index contributed by atoms with van der Waals surface area (Å²) in [5.74, 6) is 0.467. The van der Waals surface area contributed by atoms with Crippen LogP contribution in [0, 0.1) is 0 Å². The molecule has 2 aromatic heterocycles. The first-order valence-electron chi connectivity index (χ1n) is 8.18. The van der Waals surface area contributed by atoms with Gasteiger partial charge in [0, 0.05) is 21.1 Å². The van der Waals surface area contributed by atoms with Crippen LogP contribution < -0.4 is 5.76 Å². The van der Waals surface area contributed by atoms with Crippen LogP contribution in [0.2, 0.25) is 0 Å². The minimum absolute atomic E-state index is 0.197. The molecule has 26 heavy (non-hydrogen) atoms. The van der Waals surface area contributed by atoms with Gasteiger partial charge in [0.1, 0.15) is 5.82 Å². The van der Waals surface area contributed by atoms with E-state index in [4.69, 9.17) is 9.40 Å². The molecule has 0 unspecified atom stereocenters. The molecule has 0 radical (unpaired) electrons. The molecule has 132 valence electrons. The Bertz CT molecular complexity index is 1160. The average Bonchev–Trinajstić information content (AvgIpc) is 3.17. The van der Waals surface area contributed by atoms with E-state index in [0.717, 1.165) is 26.9 Å². The maximum atomic E-state index is 11.4. The van der Waals surface area contributed by atoms with Crippen molar-refractivity contribution in [1.82, 2.24) is 19.7 Å². The number of nitrogens with one attached hydrogen (secondary N) is 1. The van der Waals surface area contributed by atoms with Crippen LogP contribution in [0.15, 0.2) is 56.1 Å². The van der Waals surface area contributed by atoms with E-state index >= 15 is 0 Å². The third-order valence-corrected chi connectivity index (χ3v) is 4.62. The fourth-order valence-electron chi connectivity index (χ4n) is 3.12. The predicted octanol–water partition coefficient (Wildman–Crippen LogP) is 4.56. The van der Waals surface area contributed by atoms with Crippen molar-refractivity contribution in [2.45, 2.75) is 26.3 Å². The van der Waals surface area contributed by atoms with Gasteiger partial charge in [-0.1, -0.05) is 34.1 Å². The van der Waals surface area contributed by atoms with E-state index < -0.39 is 5.76 Å². The molecule has 1 N–H and O–H groups in total. The summed E-state index contributed by atoms with van der Waals surface area (Å²) in [6, 6.07) is 13.7. The fourth-order valence-corrected chi connectivity index (χ4v) is 3.47. The molecule has 0 bridgehead atoms. The molecule has 0 atom stereocenters. The largest absolute Gasteiger partial charge is 0.434 e. The summed E-state index contributed by atoms with van der Waals surface area (Å²) < 4.78 is 8.35. The van der Waals surface area contributed by atoms with E-state index in [1.807, 2.05) is 36.4 Å². The predicted molar refractivity (Wildman–Crippen MR) is 104 cm³/mol. The number of rotatable bonds is 2. The molecule has 4 rings (SSSR count). The number of hydrogen-bond donors (Lipinski definition) is 1. The summed E-state index contributed by atoms with van der Waals surface area (Å²) >= 11 is 3.51. The Morgan fingerprint density at radius 1 is 1.12 bits per heavy atom. The van der Waals surface area contributed by atoms with Crippen LogP contribution >= 0.6 is 15.9 Å². The highest BCUT2D eigenvalue weighted by Gasteiger charge is 2.25. The van der Waals surface area contributed by atoms with Gasteiger partial charge in [-0.05, 0) is 45.0 Å². The van der Waals surface area contributed by atoms with Crippen molar-refractivity contribution in [2.75, 3.05) is 0 Å². The second kappa shape index (κ2) is 5.95. The van der Waals surface area contributed by atoms with Crippen molar-refractivity contribution >= 4 is 27.0 Å². The molecule has 7 heteroatoms. The van der Waals surface area contributed by atoms with Crippen molar-refractivity contribution in [3.05, 3.63) is 57.5 Å². The van der Waals surface area contributed by atoms with E-state index in [9.17, 15) is 4.79 Å². The highest BCUT2D eigenvalue weighted by atomic mass is 79.9. The van der Waals surface area contributed by atoms with E-state index in [2.05, 4.69) is 57.5 Å². The maximum absolute atomic E-state index is 11.4. The first-order valence-corrected chi connectivity index (χ1v) is 8.97. The normalized spacial score (nSPS) is 12.0. The molecule has 2 heterocycles. The Balaban J connectivity index is 2.06. The quantitative estimate of drug-likeness (QED) is 0.523. The first kappa shape index (κ1) is 16.8. The first-order chi connectivity index (χ1) is 12.3. The lowest BCUT2D eigenvalue weighted by Gasteiger charge is -2.25. The highest BCUT2D eigenvalue weighted by Crippen LogP contribution is 2.36. The lowest BCUT2D eigenvalue weighted by molar-refractivity contribution is 0.413. The van der Waals surface area contributed by atoms with Gasteiger partial charge in [0.15, 0.2) is 0 Å². The molecule has 0 amide bonds. The lowest BCUT2D eigenvalue weighted by Crippen LogP contribution is -2.22. The number of nitrogens with zero attached hydrogens (tertiary/aromatic N) is 3. The topological polar surface area (TPSA) is 76.7 Å². The number of aromatic amines is 1. The molecule has 0 saturated heterocycles. The molecule has 6 nitrogen and oxygen atoms in total. The minimum atomic E-state index is -0.581. The summed E-state index contributed by atoms with van der Waals surface area (Å²) in [6.45, 7) is 6.41. The number of halogens is 1. The molecule has 4 aromatic rings. The van der Waals surface area contributed by atoms with Gasteiger partial charge in [-0.2, -0.15) is 0 Å². The van der Waals surface area contributed by atoms with Crippen LogP contribution in [-0.4, -0.2) is 19.7 Å². The van der Waals surface area contributed by atoms with Crippen molar-refractivity contribution in [2.24, 2.45) is 0 Å². The van der Waals surface area contributed by atoms with Crippen molar-refractivity contribution < 1.29 is 4.42 Å². The molecule has 0 aliphatic carbocycles. The summed E-state index contributed by atoms with van der Waals surface area (Å²) in [7, 11) is 0. The van der Waals surface area contributed by atoms with Crippen LogP contribution in [0.4, 0.5) is 0 Å². The third kappa shape index (κ3) is 2.78. The zero-order valence-corrected chi connectivity index (χ0v) is 16.2. The smallest absolute Gasteiger partial charge is 0.388 e. The zero-order chi connectivity index (χ0) is 18.5. The SMILES string of the molecule is CC(C)(C)n1c(-c2ccccc2-c2n[nH]c(=O)o2)nc2cc(Br)ccc21. The Morgan fingerprint density at radius 3 is 2.50 bits per heavy atom. The Labute approximate surface area is 158 Å². The molecule has 0 aliphatic rings. The highest BCUT2D eigenvalue weighted by molar-refractivity contribution is 9.10. The maximum Gasteiger partial charge on any atom is 0.434 e. The molecular weight excluding hydrogens is 396 g/mol. The summed E-state index contributed by atoms with van der Waals surface area (Å²) in [4.78, 5) is 16.3. The Morgan fingerprint density at radius 2 is 1.85 bits per heavy atom. The van der Waals surface area contributed by atoms with Gasteiger partial charge in [0.05, 0.1) is 11.0 Å². The van der Waals surface area contributed by atoms with Gasteiger partial charge in [-0.25, -0.2) is 14.9 Å². The number of fused-ring (bicyclic) bond motifs is 1. The number of imidazole rings is 1. The van der Waals surface area contributed by atoms with Gasteiger partial charge >= 0.3 is 5.76 Å². The van der Waals surface area contributed by atoms with Gasteiger partial charge in [-0.15, -0.1) is 5.10 Å². The lowest BCUT2D eigenvalue weighted by atomic mass is 10.0. The monoisotopic (exact) mass is 412 g/mol. The van der Waals surface area contributed by atoms with E-state index in [1.54, 1.807) is 0 Å². The van der Waals surface area contributed by atoms with E-state index in [0.29, 0.717) is 5.56 Å². The zero-order valence-electron chi connectivity index (χ0n) is 14.6. The molecule has 2 aromatic carbocycles. The van der Waals surface area contributed by atoms with Crippen LogP contribution in [0.1, 0.15) is 20.8 Å². The number of H-pyrrole nitrogens is 1. The summed E-state index contributed by atoms with van der Waals surface area (Å²) in [5, 5.41) is 6.30. The van der Waals surface area contributed by atoms with Gasteiger partial charge in [0.25, 0.3) is 0 Å². The second-order valence-electron chi connectivity index (χ2n) is 7.04. The molecule has 0 aliphatic heterocycles. The number of aromatic nitrogens is 4. The molecule has 0 saturated carbocycles. The molecular formula is C19H17BrN4O2. The van der Waals surface area contributed by atoms with Crippen molar-refractivity contribution in [1.29, 1.82) is 0 Å². The van der Waals surface area contributed by atoms with Crippen molar-refractivity contribution in [3.63, 3.8) is 0 Å². The van der Waals surface area contributed by atoms with Gasteiger partial charge in [0.2, 0.25) is 5.89 Å².